The average molecular weight is 513 g/mol. The van der Waals surface area contributed by atoms with Gasteiger partial charge in [0.2, 0.25) is 0 Å². The molecule has 0 amide bonds. The average Bonchev–Trinajstić information content (AvgIpc) is 2.73. The van der Waals surface area contributed by atoms with Gasteiger partial charge in [-0.25, -0.2) is 4.99 Å². The normalized spacial score (nSPS) is 10.8. The summed E-state index contributed by atoms with van der Waals surface area (Å²) in [7, 11) is 1.66. The third-order valence-electron chi connectivity index (χ3n) is 3.87. The predicted molar refractivity (Wildman–Crippen MR) is 129 cm³/mol. The van der Waals surface area contributed by atoms with Crippen molar-refractivity contribution < 1.29 is 14.2 Å². The molecule has 2 aromatic carbocycles. The van der Waals surface area contributed by atoms with E-state index in [1.54, 1.807) is 7.11 Å². The molecule has 0 spiro atoms. The molecule has 2 rings (SSSR count). The Hall–Kier alpha value is -2.00. The van der Waals surface area contributed by atoms with Crippen LogP contribution in [0.25, 0.3) is 0 Å². The van der Waals surface area contributed by atoms with Gasteiger partial charge in [0, 0.05) is 20.2 Å². The molecule has 6 nitrogen and oxygen atoms in total. The molecular formula is C22H32IN3O3. The van der Waals surface area contributed by atoms with Crippen LogP contribution in [0.1, 0.15) is 18.9 Å². The highest BCUT2D eigenvalue weighted by atomic mass is 127. The van der Waals surface area contributed by atoms with E-state index in [0.717, 1.165) is 42.5 Å². The number of benzene rings is 2. The fourth-order valence-corrected chi connectivity index (χ4v) is 2.43. The molecule has 2 N–H and O–H groups in total. The predicted octanol–water partition coefficient (Wildman–Crippen LogP) is 3.85. The van der Waals surface area contributed by atoms with E-state index in [-0.39, 0.29) is 24.0 Å². The van der Waals surface area contributed by atoms with Gasteiger partial charge in [0.25, 0.3) is 0 Å². The molecule has 0 aliphatic carbocycles. The maximum atomic E-state index is 5.70. The SMILES string of the molecule is CCNC(=NCc1ccc(OCCOC)cc1)NCCCOc1ccccc1.I. The Labute approximate surface area is 191 Å². The summed E-state index contributed by atoms with van der Waals surface area (Å²) >= 11 is 0. The highest BCUT2D eigenvalue weighted by Crippen LogP contribution is 2.12. The minimum atomic E-state index is 0. The number of hydrogen-bond acceptors (Lipinski definition) is 4. The molecule has 0 heterocycles. The number of hydrogen-bond donors (Lipinski definition) is 2. The van der Waals surface area contributed by atoms with Gasteiger partial charge in [-0.15, -0.1) is 24.0 Å². The second-order valence-corrected chi connectivity index (χ2v) is 6.12. The summed E-state index contributed by atoms with van der Waals surface area (Å²) in [6, 6.07) is 17.8. The molecule has 160 valence electrons. The van der Waals surface area contributed by atoms with Crippen molar-refractivity contribution in [1.82, 2.24) is 10.6 Å². The zero-order valence-electron chi connectivity index (χ0n) is 17.2. The Bertz CT molecular complexity index is 681. The lowest BCUT2D eigenvalue weighted by Crippen LogP contribution is -2.38. The molecule has 0 unspecified atom stereocenters. The van der Waals surface area contributed by atoms with Crippen LogP contribution in [-0.2, 0) is 11.3 Å². The van der Waals surface area contributed by atoms with Crippen LogP contribution in [0.15, 0.2) is 59.6 Å². The summed E-state index contributed by atoms with van der Waals surface area (Å²) in [5.41, 5.74) is 1.13. The van der Waals surface area contributed by atoms with Crippen molar-refractivity contribution in [3.8, 4) is 11.5 Å². The van der Waals surface area contributed by atoms with E-state index in [4.69, 9.17) is 14.2 Å². The number of halogens is 1. The topological polar surface area (TPSA) is 64.1 Å². The summed E-state index contributed by atoms with van der Waals surface area (Å²) < 4.78 is 16.3. The first-order chi connectivity index (χ1) is 13.8. The molecule has 0 bridgehead atoms. The van der Waals surface area contributed by atoms with E-state index in [2.05, 4.69) is 22.5 Å². The minimum absolute atomic E-state index is 0. The van der Waals surface area contributed by atoms with Gasteiger partial charge >= 0.3 is 0 Å². The third kappa shape index (κ3) is 10.9. The lowest BCUT2D eigenvalue weighted by Gasteiger charge is -2.12. The molecule has 0 saturated carbocycles. The van der Waals surface area contributed by atoms with E-state index in [1.165, 1.54) is 0 Å². The summed E-state index contributed by atoms with van der Waals surface area (Å²) in [6.45, 7) is 6.08. The number of ether oxygens (including phenoxy) is 3. The highest BCUT2D eigenvalue weighted by molar-refractivity contribution is 14.0. The van der Waals surface area contributed by atoms with Gasteiger partial charge in [0.05, 0.1) is 19.8 Å². The highest BCUT2D eigenvalue weighted by Gasteiger charge is 1.99. The van der Waals surface area contributed by atoms with Crippen molar-refractivity contribution in [3.63, 3.8) is 0 Å². The minimum Gasteiger partial charge on any atom is -0.494 e. The molecular weight excluding hydrogens is 481 g/mol. The first-order valence-electron chi connectivity index (χ1n) is 9.72. The molecule has 0 aliphatic heterocycles. The van der Waals surface area contributed by atoms with Crippen molar-refractivity contribution in [2.24, 2.45) is 4.99 Å². The Balaban J connectivity index is 0.00000420. The van der Waals surface area contributed by atoms with Crippen LogP contribution in [-0.4, -0.2) is 46.0 Å². The monoisotopic (exact) mass is 513 g/mol. The van der Waals surface area contributed by atoms with Gasteiger partial charge in [0.1, 0.15) is 18.1 Å². The molecule has 29 heavy (non-hydrogen) atoms. The fraction of sp³-hybridized carbons (Fsp3) is 0.409. The molecule has 0 aromatic heterocycles. The number of guanidine groups is 1. The van der Waals surface area contributed by atoms with Crippen LogP contribution in [0.2, 0.25) is 0 Å². The second kappa shape index (κ2) is 15.9. The second-order valence-electron chi connectivity index (χ2n) is 6.12. The number of nitrogens with one attached hydrogen (secondary N) is 2. The maximum Gasteiger partial charge on any atom is 0.191 e. The Morgan fingerprint density at radius 3 is 2.24 bits per heavy atom. The van der Waals surface area contributed by atoms with Crippen LogP contribution in [0, 0.1) is 0 Å². The van der Waals surface area contributed by atoms with Crippen LogP contribution in [0.5, 0.6) is 11.5 Å². The Morgan fingerprint density at radius 2 is 1.55 bits per heavy atom. The molecule has 0 radical (unpaired) electrons. The van der Waals surface area contributed by atoms with E-state index in [1.807, 2.05) is 54.6 Å². The van der Waals surface area contributed by atoms with Gasteiger partial charge in [-0.1, -0.05) is 30.3 Å². The van der Waals surface area contributed by atoms with Crippen LogP contribution >= 0.6 is 24.0 Å². The number of aliphatic imine (C=N–C) groups is 1. The van der Waals surface area contributed by atoms with E-state index in [9.17, 15) is 0 Å². The van der Waals surface area contributed by atoms with Crippen LogP contribution in [0.4, 0.5) is 0 Å². The van der Waals surface area contributed by atoms with Gasteiger partial charge < -0.3 is 24.8 Å². The Kier molecular flexibility index (Phi) is 13.7. The quantitative estimate of drug-likeness (QED) is 0.195. The standard InChI is InChI=1S/C22H31N3O3.HI/c1-3-23-22(24-14-7-15-27-20-8-5-4-6-9-20)25-18-19-10-12-21(13-11-19)28-17-16-26-2;/h4-6,8-13H,3,7,14-18H2,1-2H3,(H2,23,24,25);1H. The smallest absolute Gasteiger partial charge is 0.191 e. The van der Waals surface area contributed by atoms with Crippen molar-refractivity contribution in [2.75, 3.05) is 40.0 Å². The van der Waals surface area contributed by atoms with E-state index < -0.39 is 0 Å². The lowest BCUT2D eigenvalue weighted by molar-refractivity contribution is 0.146. The molecule has 2 aromatic rings. The Morgan fingerprint density at radius 1 is 0.862 bits per heavy atom. The van der Waals surface area contributed by atoms with Crippen molar-refractivity contribution >= 4 is 29.9 Å². The molecule has 0 aliphatic rings. The maximum absolute atomic E-state index is 5.70. The molecule has 0 atom stereocenters. The molecule has 0 saturated heterocycles. The first kappa shape index (κ1) is 25.0. The van der Waals surface area contributed by atoms with Crippen LogP contribution in [0.3, 0.4) is 0 Å². The fourth-order valence-electron chi connectivity index (χ4n) is 2.43. The first-order valence-corrected chi connectivity index (χ1v) is 9.72. The van der Waals surface area contributed by atoms with Crippen molar-refractivity contribution in [3.05, 3.63) is 60.2 Å². The van der Waals surface area contributed by atoms with Crippen LogP contribution < -0.4 is 20.1 Å². The lowest BCUT2D eigenvalue weighted by atomic mass is 10.2. The van der Waals surface area contributed by atoms with E-state index >= 15 is 0 Å². The van der Waals surface area contributed by atoms with E-state index in [0.29, 0.717) is 26.4 Å². The van der Waals surface area contributed by atoms with Crippen molar-refractivity contribution in [1.29, 1.82) is 0 Å². The largest absolute Gasteiger partial charge is 0.494 e. The number of para-hydroxylation sites is 1. The van der Waals surface area contributed by atoms with Gasteiger partial charge in [-0.05, 0) is 43.2 Å². The molecule has 0 fully saturated rings. The summed E-state index contributed by atoms with van der Waals surface area (Å²) in [6.07, 6.45) is 0.896. The summed E-state index contributed by atoms with van der Waals surface area (Å²) in [5.74, 6) is 2.55. The third-order valence-corrected chi connectivity index (χ3v) is 3.87. The summed E-state index contributed by atoms with van der Waals surface area (Å²) in [4.78, 5) is 4.64. The van der Waals surface area contributed by atoms with Gasteiger partial charge in [-0.2, -0.15) is 0 Å². The zero-order chi connectivity index (χ0) is 19.9. The van der Waals surface area contributed by atoms with Gasteiger partial charge in [-0.3, -0.25) is 0 Å². The zero-order valence-corrected chi connectivity index (χ0v) is 19.6. The number of nitrogens with zero attached hydrogens (tertiary/aromatic N) is 1. The van der Waals surface area contributed by atoms with Gasteiger partial charge in [0.15, 0.2) is 5.96 Å². The molecule has 7 heteroatoms. The number of rotatable bonds is 12. The summed E-state index contributed by atoms with van der Waals surface area (Å²) in [5, 5.41) is 6.61. The number of methoxy groups -OCH3 is 1. The van der Waals surface area contributed by atoms with Crippen molar-refractivity contribution in [2.45, 2.75) is 19.9 Å².